The zero-order chi connectivity index (χ0) is 7.98. The molecule has 0 rings (SSSR count). The lowest BCUT2D eigenvalue weighted by Gasteiger charge is -2.03. The SMILES string of the molecule is CC(C)NC(=O)/C=C/CF. The van der Waals surface area contributed by atoms with Crippen LogP contribution in [0.2, 0.25) is 0 Å². The lowest BCUT2D eigenvalue weighted by atomic mass is 10.4. The molecule has 0 aromatic heterocycles. The summed E-state index contributed by atoms with van der Waals surface area (Å²) in [5.41, 5.74) is 0. The molecule has 2 nitrogen and oxygen atoms in total. The van der Waals surface area contributed by atoms with Gasteiger partial charge in [0.1, 0.15) is 6.67 Å². The molecule has 0 fully saturated rings. The standard InChI is InChI=1S/C7H12FNO/c1-6(2)9-7(10)4-3-5-8/h3-4,6H,5H2,1-2H3,(H,9,10)/b4-3+. The van der Waals surface area contributed by atoms with E-state index in [1.165, 1.54) is 12.2 Å². The summed E-state index contributed by atoms with van der Waals surface area (Å²) < 4.78 is 11.4. The van der Waals surface area contributed by atoms with Crippen molar-refractivity contribution >= 4 is 5.91 Å². The number of rotatable bonds is 3. The van der Waals surface area contributed by atoms with E-state index in [0.717, 1.165) is 0 Å². The van der Waals surface area contributed by atoms with Crippen molar-refractivity contribution in [1.82, 2.24) is 5.32 Å². The van der Waals surface area contributed by atoms with Crippen LogP contribution < -0.4 is 5.32 Å². The predicted octanol–water partition coefficient (Wildman–Crippen LogP) is 1.04. The number of carbonyl (C=O) groups is 1. The molecule has 0 saturated heterocycles. The molecule has 0 radical (unpaired) electrons. The molecule has 58 valence electrons. The highest BCUT2D eigenvalue weighted by Crippen LogP contribution is 1.79. The van der Waals surface area contributed by atoms with Crippen LogP contribution in [0.4, 0.5) is 4.39 Å². The fourth-order valence-corrected chi connectivity index (χ4v) is 0.484. The number of carbonyl (C=O) groups excluding carboxylic acids is 1. The van der Waals surface area contributed by atoms with Crippen LogP contribution in [-0.4, -0.2) is 18.6 Å². The Morgan fingerprint density at radius 1 is 1.70 bits per heavy atom. The largest absolute Gasteiger partial charge is 0.350 e. The van der Waals surface area contributed by atoms with E-state index in [-0.39, 0.29) is 11.9 Å². The van der Waals surface area contributed by atoms with Gasteiger partial charge in [0, 0.05) is 12.1 Å². The van der Waals surface area contributed by atoms with E-state index in [9.17, 15) is 9.18 Å². The van der Waals surface area contributed by atoms with Crippen molar-refractivity contribution in [1.29, 1.82) is 0 Å². The molecule has 0 aliphatic carbocycles. The summed E-state index contributed by atoms with van der Waals surface area (Å²) in [6.07, 6.45) is 2.37. The van der Waals surface area contributed by atoms with Gasteiger partial charge in [-0.3, -0.25) is 4.79 Å². The Morgan fingerprint density at radius 3 is 2.70 bits per heavy atom. The Bertz CT molecular complexity index is 132. The van der Waals surface area contributed by atoms with Crippen molar-refractivity contribution in [2.75, 3.05) is 6.67 Å². The fourth-order valence-electron chi connectivity index (χ4n) is 0.484. The second-order valence-corrected chi connectivity index (χ2v) is 2.22. The zero-order valence-electron chi connectivity index (χ0n) is 6.23. The Balaban J connectivity index is 3.54. The molecule has 0 aromatic rings. The minimum absolute atomic E-state index is 0.108. The van der Waals surface area contributed by atoms with Crippen LogP contribution in [0.25, 0.3) is 0 Å². The van der Waals surface area contributed by atoms with E-state index in [2.05, 4.69) is 5.32 Å². The third-order valence-electron chi connectivity index (χ3n) is 0.789. The normalized spacial score (nSPS) is 10.8. The van der Waals surface area contributed by atoms with Gasteiger partial charge in [-0.25, -0.2) is 4.39 Å². The second kappa shape index (κ2) is 4.97. The van der Waals surface area contributed by atoms with E-state index in [0.29, 0.717) is 0 Å². The van der Waals surface area contributed by atoms with Crippen LogP contribution in [0.5, 0.6) is 0 Å². The van der Waals surface area contributed by atoms with Gasteiger partial charge in [-0.15, -0.1) is 0 Å². The third-order valence-corrected chi connectivity index (χ3v) is 0.789. The Hall–Kier alpha value is -0.860. The van der Waals surface area contributed by atoms with Gasteiger partial charge in [-0.2, -0.15) is 0 Å². The van der Waals surface area contributed by atoms with Gasteiger partial charge in [-0.05, 0) is 19.9 Å². The Morgan fingerprint density at radius 2 is 2.30 bits per heavy atom. The van der Waals surface area contributed by atoms with Gasteiger partial charge in [-0.1, -0.05) is 0 Å². The number of halogens is 1. The lowest BCUT2D eigenvalue weighted by molar-refractivity contribution is -0.116. The minimum atomic E-state index is -0.592. The average Bonchev–Trinajstić information content (AvgIpc) is 1.82. The van der Waals surface area contributed by atoms with Crippen molar-refractivity contribution in [2.24, 2.45) is 0 Å². The molecule has 0 aliphatic heterocycles. The van der Waals surface area contributed by atoms with Crippen LogP contribution in [0.3, 0.4) is 0 Å². The summed E-state index contributed by atoms with van der Waals surface area (Å²) in [6, 6.07) is 0.108. The molecule has 0 atom stereocenters. The van der Waals surface area contributed by atoms with E-state index in [1.54, 1.807) is 0 Å². The van der Waals surface area contributed by atoms with Gasteiger partial charge in [0.25, 0.3) is 0 Å². The maximum atomic E-state index is 11.4. The number of amides is 1. The Labute approximate surface area is 60.1 Å². The van der Waals surface area contributed by atoms with E-state index in [4.69, 9.17) is 0 Å². The van der Waals surface area contributed by atoms with Gasteiger partial charge >= 0.3 is 0 Å². The number of nitrogens with one attached hydrogen (secondary N) is 1. The molecule has 1 N–H and O–H groups in total. The monoisotopic (exact) mass is 145 g/mol. The maximum absolute atomic E-state index is 11.4. The fraction of sp³-hybridized carbons (Fsp3) is 0.571. The van der Waals surface area contributed by atoms with E-state index in [1.807, 2.05) is 13.8 Å². The van der Waals surface area contributed by atoms with Crippen LogP contribution in [0.15, 0.2) is 12.2 Å². The first kappa shape index (κ1) is 9.14. The van der Waals surface area contributed by atoms with Crippen LogP contribution in [-0.2, 0) is 4.79 Å². The summed E-state index contributed by atoms with van der Waals surface area (Å²) in [6.45, 7) is 3.11. The minimum Gasteiger partial charge on any atom is -0.350 e. The summed E-state index contributed by atoms with van der Waals surface area (Å²) in [5, 5.41) is 2.59. The zero-order valence-corrected chi connectivity index (χ0v) is 6.23. The molecule has 0 aromatic carbocycles. The molecule has 0 heterocycles. The van der Waals surface area contributed by atoms with Gasteiger partial charge in [0.2, 0.25) is 5.91 Å². The molecule has 0 bridgehead atoms. The highest BCUT2D eigenvalue weighted by molar-refractivity contribution is 5.87. The van der Waals surface area contributed by atoms with Crippen LogP contribution >= 0.6 is 0 Å². The average molecular weight is 145 g/mol. The molecule has 0 unspecified atom stereocenters. The quantitative estimate of drug-likeness (QED) is 0.590. The first-order chi connectivity index (χ1) is 4.66. The van der Waals surface area contributed by atoms with Crippen molar-refractivity contribution in [3.05, 3.63) is 12.2 Å². The molecule has 0 spiro atoms. The molecule has 0 saturated carbocycles. The highest BCUT2D eigenvalue weighted by Gasteiger charge is 1.95. The first-order valence-electron chi connectivity index (χ1n) is 3.20. The predicted molar refractivity (Wildman–Crippen MR) is 38.4 cm³/mol. The van der Waals surface area contributed by atoms with Gasteiger partial charge in [0.15, 0.2) is 0 Å². The number of hydrogen-bond acceptors (Lipinski definition) is 1. The molecular weight excluding hydrogens is 133 g/mol. The number of alkyl halides is 1. The number of hydrogen-bond donors (Lipinski definition) is 1. The van der Waals surface area contributed by atoms with Crippen molar-refractivity contribution in [3.8, 4) is 0 Å². The van der Waals surface area contributed by atoms with Crippen LogP contribution in [0, 0.1) is 0 Å². The smallest absolute Gasteiger partial charge is 0.243 e. The third kappa shape index (κ3) is 5.28. The first-order valence-corrected chi connectivity index (χ1v) is 3.20. The lowest BCUT2D eigenvalue weighted by Crippen LogP contribution is -2.28. The maximum Gasteiger partial charge on any atom is 0.243 e. The molecule has 3 heteroatoms. The highest BCUT2D eigenvalue weighted by atomic mass is 19.1. The number of allylic oxidation sites excluding steroid dienone is 1. The van der Waals surface area contributed by atoms with E-state index >= 15 is 0 Å². The second-order valence-electron chi connectivity index (χ2n) is 2.22. The van der Waals surface area contributed by atoms with Crippen LogP contribution in [0.1, 0.15) is 13.8 Å². The van der Waals surface area contributed by atoms with Crippen molar-refractivity contribution < 1.29 is 9.18 Å². The molecular formula is C7H12FNO. The summed E-state index contributed by atoms with van der Waals surface area (Å²) in [4.78, 5) is 10.6. The van der Waals surface area contributed by atoms with Crippen molar-refractivity contribution in [2.45, 2.75) is 19.9 Å². The molecule has 10 heavy (non-hydrogen) atoms. The Kier molecular flexibility index (Phi) is 4.54. The summed E-state index contributed by atoms with van der Waals surface area (Å²) in [7, 11) is 0. The molecule has 0 aliphatic rings. The summed E-state index contributed by atoms with van der Waals surface area (Å²) in [5.74, 6) is -0.243. The van der Waals surface area contributed by atoms with Gasteiger partial charge < -0.3 is 5.32 Å². The molecule has 1 amide bonds. The van der Waals surface area contributed by atoms with Gasteiger partial charge in [0.05, 0.1) is 0 Å². The van der Waals surface area contributed by atoms with E-state index < -0.39 is 6.67 Å². The van der Waals surface area contributed by atoms with Crippen molar-refractivity contribution in [3.63, 3.8) is 0 Å². The topological polar surface area (TPSA) is 29.1 Å². The summed E-state index contributed by atoms with van der Waals surface area (Å²) >= 11 is 0.